The van der Waals surface area contributed by atoms with Gasteiger partial charge in [0.25, 0.3) is 0 Å². The fourth-order valence-corrected chi connectivity index (χ4v) is 3.23. The zero-order valence-electron chi connectivity index (χ0n) is 13.5. The SMILES string of the molecule is CC1CN(CCCCNC(=O)C2CCCOC2)CC(C)O1. The van der Waals surface area contributed by atoms with E-state index in [0.29, 0.717) is 18.8 Å². The molecule has 2 saturated heterocycles. The molecule has 2 fully saturated rings. The molecular formula is C16H30N2O3. The van der Waals surface area contributed by atoms with Crippen LogP contribution in [0.25, 0.3) is 0 Å². The van der Waals surface area contributed by atoms with E-state index in [-0.39, 0.29) is 11.8 Å². The first kappa shape index (κ1) is 16.7. The highest BCUT2D eigenvalue weighted by Crippen LogP contribution is 2.13. The van der Waals surface area contributed by atoms with Gasteiger partial charge in [0.05, 0.1) is 24.7 Å². The summed E-state index contributed by atoms with van der Waals surface area (Å²) in [5.41, 5.74) is 0. The maximum atomic E-state index is 11.9. The Morgan fingerprint density at radius 1 is 1.24 bits per heavy atom. The summed E-state index contributed by atoms with van der Waals surface area (Å²) in [6.07, 6.45) is 4.81. The molecule has 2 aliphatic rings. The third kappa shape index (κ3) is 5.93. The highest BCUT2D eigenvalue weighted by atomic mass is 16.5. The Labute approximate surface area is 128 Å². The average molecular weight is 298 g/mol. The smallest absolute Gasteiger partial charge is 0.225 e. The summed E-state index contributed by atoms with van der Waals surface area (Å²) in [4.78, 5) is 14.4. The van der Waals surface area contributed by atoms with Gasteiger partial charge in [-0.3, -0.25) is 9.69 Å². The van der Waals surface area contributed by atoms with Gasteiger partial charge in [0.15, 0.2) is 0 Å². The van der Waals surface area contributed by atoms with E-state index in [1.54, 1.807) is 0 Å². The van der Waals surface area contributed by atoms with Gasteiger partial charge in [0.2, 0.25) is 5.91 Å². The minimum absolute atomic E-state index is 0.0692. The monoisotopic (exact) mass is 298 g/mol. The van der Waals surface area contributed by atoms with E-state index >= 15 is 0 Å². The maximum absolute atomic E-state index is 11.9. The molecule has 5 heteroatoms. The van der Waals surface area contributed by atoms with E-state index in [2.05, 4.69) is 24.1 Å². The van der Waals surface area contributed by atoms with Crippen LogP contribution in [0.15, 0.2) is 0 Å². The Kier molecular flexibility index (Phi) is 6.93. The van der Waals surface area contributed by atoms with Gasteiger partial charge in [-0.25, -0.2) is 0 Å². The van der Waals surface area contributed by atoms with Crippen molar-refractivity contribution in [3.63, 3.8) is 0 Å². The number of carbonyl (C=O) groups is 1. The molecule has 0 radical (unpaired) electrons. The fourth-order valence-electron chi connectivity index (χ4n) is 3.23. The molecule has 3 atom stereocenters. The van der Waals surface area contributed by atoms with Crippen molar-refractivity contribution < 1.29 is 14.3 Å². The zero-order valence-corrected chi connectivity index (χ0v) is 13.5. The normalized spacial score (nSPS) is 31.0. The van der Waals surface area contributed by atoms with Gasteiger partial charge < -0.3 is 14.8 Å². The van der Waals surface area contributed by atoms with Crippen molar-refractivity contribution in [3.05, 3.63) is 0 Å². The van der Waals surface area contributed by atoms with E-state index in [9.17, 15) is 4.79 Å². The highest BCUT2D eigenvalue weighted by Gasteiger charge is 2.22. The summed E-state index contributed by atoms with van der Waals surface area (Å²) in [5.74, 6) is 0.239. The van der Waals surface area contributed by atoms with Crippen molar-refractivity contribution in [1.29, 1.82) is 0 Å². The summed E-state index contributed by atoms with van der Waals surface area (Å²) in [5, 5.41) is 3.05. The lowest BCUT2D eigenvalue weighted by Crippen LogP contribution is -2.45. The number of hydrogen-bond acceptors (Lipinski definition) is 4. The minimum Gasteiger partial charge on any atom is -0.381 e. The third-order valence-corrected chi connectivity index (χ3v) is 4.23. The number of nitrogens with one attached hydrogen (secondary N) is 1. The van der Waals surface area contributed by atoms with Gasteiger partial charge in [-0.1, -0.05) is 0 Å². The molecule has 122 valence electrons. The zero-order chi connectivity index (χ0) is 15.1. The molecule has 0 aromatic rings. The molecule has 21 heavy (non-hydrogen) atoms. The van der Waals surface area contributed by atoms with E-state index in [4.69, 9.17) is 9.47 Å². The Morgan fingerprint density at radius 2 is 2.00 bits per heavy atom. The van der Waals surface area contributed by atoms with Crippen LogP contribution in [0, 0.1) is 5.92 Å². The van der Waals surface area contributed by atoms with Crippen molar-refractivity contribution in [3.8, 4) is 0 Å². The van der Waals surface area contributed by atoms with Crippen molar-refractivity contribution in [1.82, 2.24) is 10.2 Å². The molecule has 0 bridgehead atoms. The first-order chi connectivity index (χ1) is 10.1. The molecule has 1 N–H and O–H groups in total. The van der Waals surface area contributed by atoms with Gasteiger partial charge in [-0.15, -0.1) is 0 Å². The topological polar surface area (TPSA) is 50.8 Å². The molecule has 5 nitrogen and oxygen atoms in total. The van der Waals surface area contributed by atoms with E-state index < -0.39 is 0 Å². The van der Waals surface area contributed by atoms with Crippen LogP contribution in [0.1, 0.15) is 39.5 Å². The summed E-state index contributed by atoms with van der Waals surface area (Å²) in [7, 11) is 0. The lowest BCUT2D eigenvalue weighted by Gasteiger charge is -2.35. The van der Waals surface area contributed by atoms with Crippen LogP contribution in [-0.4, -0.2) is 62.4 Å². The number of morpholine rings is 1. The number of unbranched alkanes of at least 4 members (excludes halogenated alkanes) is 1. The van der Waals surface area contributed by atoms with E-state index in [0.717, 1.165) is 58.5 Å². The maximum Gasteiger partial charge on any atom is 0.225 e. The second-order valence-corrected chi connectivity index (χ2v) is 6.43. The third-order valence-electron chi connectivity index (χ3n) is 4.23. The second kappa shape index (κ2) is 8.71. The summed E-state index contributed by atoms with van der Waals surface area (Å²) in [6.45, 7) is 9.59. The Morgan fingerprint density at radius 3 is 2.67 bits per heavy atom. The highest BCUT2D eigenvalue weighted by molar-refractivity contribution is 5.78. The lowest BCUT2D eigenvalue weighted by molar-refractivity contribution is -0.128. The van der Waals surface area contributed by atoms with Crippen LogP contribution in [0.3, 0.4) is 0 Å². The standard InChI is InChI=1S/C16H30N2O3/c1-13-10-18(11-14(2)21-13)8-4-3-7-17-16(19)15-6-5-9-20-12-15/h13-15H,3-12H2,1-2H3,(H,17,19). The Bertz CT molecular complexity index is 309. The van der Waals surface area contributed by atoms with Gasteiger partial charge >= 0.3 is 0 Å². The molecule has 1 amide bonds. The van der Waals surface area contributed by atoms with Crippen LogP contribution in [0.5, 0.6) is 0 Å². The summed E-state index contributed by atoms with van der Waals surface area (Å²) >= 11 is 0. The first-order valence-corrected chi connectivity index (χ1v) is 8.38. The molecule has 0 aliphatic carbocycles. The van der Waals surface area contributed by atoms with Gasteiger partial charge in [0, 0.05) is 26.2 Å². The lowest BCUT2D eigenvalue weighted by atomic mass is 10.0. The Balaban J connectivity index is 1.52. The van der Waals surface area contributed by atoms with Crippen LogP contribution in [0.4, 0.5) is 0 Å². The molecule has 0 saturated carbocycles. The van der Waals surface area contributed by atoms with Crippen molar-refractivity contribution in [2.75, 3.05) is 39.4 Å². The van der Waals surface area contributed by atoms with Gasteiger partial charge in [-0.05, 0) is 46.1 Å². The molecule has 0 aromatic heterocycles. The van der Waals surface area contributed by atoms with Crippen LogP contribution >= 0.6 is 0 Å². The number of amides is 1. The van der Waals surface area contributed by atoms with E-state index in [1.165, 1.54) is 0 Å². The first-order valence-electron chi connectivity index (χ1n) is 8.38. The number of rotatable bonds is 6. The molecule has 2 rings (SSSR count). The molecular weight excluding hydrogens is 268 g/mol. The summed E-state index contributed by atoms with van der Waals surface area (Å²) < 4.78 is 11.1. The second-order valence-electron chi connectivity index (χ2n) is 6.43. The van der Waals surface area contributed by atoms with Crippen molar-refractivity contribution >= 4 is 5.91 Å². The number of ether oxygens (including phenoxy) is 2. The predicted octanol–water partition coefficient (Wildman–Crippen LogP) is 1.42. The number of hydrogen-bond donors (Lipinski definition) is 1. The molecule has 3 unspecified atom stereocenters. The predicted molar refractivity (Wildman–Crippen MR) is 82.2 cm³/mol. The largest absolute Gasteiger partial charge is 0.381 e. The number of nitrogens with zero attached hydrogens (tertiary/aromatic N) is 1. The molecule has 0 aromatic carbocycles. The van der Waals surface area contributed by atoms with Crippen LogP contribution < -0.4 is 5.32 Å². The number of carbonyl (C=O) groups excluding carboxylic acids is 1. The van der Waals surface area contributed by atoms with Crippen molar-refractivity contribution in [2.45, 2.75) is 51.7 Å². The van der Waals surface area contributed by atoms with Gasteiger partial charge in [0.1, 0.15) is 0 Å². The Hall–Kier alpha value is -0.650. The molecule has 2 heterocycles. The van der Waals surface area contributed by atoms with E-state index in [1.807, 2.05) is 0 Å². The minimum atomic E-state index is 0.0692. The fraction of sp³-hybridized carbons (Fsp3) is 0.938. The molecule has 0 spiro atoms. The average Bonchev–Trinajstić information content (AvgIpc) is 2.46. The van der Waals surface area contributed by atoms with Crippen LogP contribution in [0.2, 0.25) is 0 Å². The van der Waals surface area contributed by atoms with Crippen molar-refractivity contribution in [2.24, 2.45) is 5.92 Å². The molecule has 2 aliphatic heterocycles. The van der Waals surface area contributed by atoms with Crippen LogP contribution in [-0.2, 0) is 14.3 Å². The quantitative estimate of drug-likeness (QED) is 0.754. The van der Waals surface area contributed by atoms with Gasteiger partial charge in [-0.2, -0.15) is 0 Å². The summed E-state index contributed by atoms with van der Waals surface area (Å²) in [6, 6.07) is 0.